The third-order valence-corrected chi connectivity index (χ3v) is 6.00. The van der Waals surface area contributed by atoms with Crippen LogP contribution in [-0.2, 0) is 0 Å². The first-order valence-electron chi connectivity index (χ1n) is 9.56. The number of rotatable bonds is 3. The Morgan fingerprint density at radius 2 is 1.93 bits per heavy atom. The van der Waals surface area contributed by atoms with Crippen LogP contribution in [0, 0.1) is 6.92 Å². The molecule has 2 atom stereocenters. The molecule has 5 rings (SSSR count). The molecule has 0 spiro atoms. The number of hydrogen-bond donors (Lipinski definition) is 1. The molecule has 0 bridgehead atoms. The van der Waals surface area contributed by atoms with Crippen molar-refractivity contribution in [1.29, 1.82) is 0 Å². The van der Waals surface area contributed by atoms with E-state index < -0.39 is 5.92 Å². The van der Waals surface area contributed by atoms with Crippen LogP contribution in [0.4, 0.5) is 8.78 Å². The van der Waals surface area contributed by atoms with Crippen molar-refractivity contribution in [2.24, 2.45) is 0 Å². The van der Waals surface area contributed by atoms with Crippen molar-refractivity contribution in [2.45, 2.75) is 69.2 Å². The molecule has 10 heteroatoms. The zero-order chi connectivity index (χ0) is 19.5. The van der Waals surface area contributed by atoms with E-state index in [1.54, 1.807) is 11.6 Å². The van der Waals surface area contributed by atoms with Gasteiger partial charge in [-0.2, -0.15) is 5.10 Å². The van der Waals surface area contributed by atoms with Crippen LogP contribution in [0.5, 0.6) is 0 Å². The van der Waals surface area contributed by atoms with Crippen molar-refractivity contribution in [3.8, 4) is 0 Å². The van der Waals surface area contributed by atoms with Crippen molar-refractivity contribution in [2.75, 3.05) is 0 Å². The second-order valence-electron chi connectivity index (χ2n) is 7.81. The molecule has 0 aromatic carbocycles. The van der Waals surface area contributed by atoms with E-state index in [2.05, 4.69) is 25.3 Å². The first-order chi connectivity index (χ1) is 13.4. The summed E-state index contributed by atoms with van der Waals surface area (Å²) >= 11 is 0. The van der Waals surface area contributed by atoms with Gasteiger partial charge in [-0.25, -0.2) is 18.4 Å². The van der Waals surface area contributed by atoms with Crippen LogP contribution in [0.15, 0.2) is 15.4 Å². The number of halogens is 2. The maximum atomic E-state index is 13.5. The van der Waals surface area contributed by atoms with Crippen molar-refractivity contribution >= 4 is 11.0 Å². The first kappa shape index (κ1) is 17.4. The molecule has 0 aliphatic heterocycles. The van der Waals surface area contributed by atoms with Gasteiger partial charge < -0.3 is 9.40 Å². The lowest BCUT2D eigenvalue weighted by Crippen LogP contribution is -2.28. The number of aryl methyl sites for hydroxylation is 1. The predicted molar refractivity (Wildman–Crippen MR) is 94.4 cm³/mol. The average Bonchev–Trinajstić information content (AvgIpc) is 3.21. The lowest BCUT2D eigenvalue weighted by atomic mass is 9.73. The van der Waals surface area contributed by atoms with E-state index in [-0.39, 0.29) is 36.3 Å². The molecular weight excluding hydrogens is 370 g/mol. The molecule has 2 aliphatic rings. The van der Waals surface area contributed by atoms with Crippen LogP contribution in [0.25, 0.3) is 11.0 Å². The Hall–Kier alpha value is -2.65. The smallest absolute Gasteiger partial charge is 0.262 e. The molecule has 8 nitrogen and oxygen atoms in total. The summed E-state index contributed by atoms with van der Waals surface area (Å²) in [6, 6.07) is -0.171. The molecule has 3 aromatic heterocycles. The van der Waals surface area contributed by atoms with E-state index in [1.807, 2.05) is 0 Å². The van der Waals surface area contributed by atoms with Crippen LogP contribution >= 0.6 is 0 Å². The maximum Gasteiger partial charge on any atom is 0.262 e. The SMILES string of the molecule is Cc1nnc(C2CC[C@H]2c2nc3c(cnn3C3CCC(F)(F)CC3)c(=O)[nH]2)o1. The summed E-state index contributed by atoms with van der Waals surface area (Å²) in [5.74, 6) is -0.990. The van der Waals surface area contributed by atoms with Crippen molar-refractivity contribution in [3.63, 3.8) is 0 Å². The van der Waals surface area contributed by atoms with Gasteiger partial charge in [0.25, 0.3) is 5.56 Å². The van der Waals surface area contributed by atoms with Crippen LogP contribution < -0.4 is 5.56 Å². The van der Waals surface area contributed by atoms with E-state index in [9.17, 15) is 13.6 Å². The van der Waals surface area contributed by atoms with Gasteiger partial charge >= 0.3 is 0 Å². The van der Waals surface area contributed by atoms with Crippen molar-refractivity contribution < 1.29 is 13.2 Å². The number of hydrogen-bond acceptors (Lipinski definition) is 6. The molecule has 148 valence electrons. The largest absolute Gasteiger partial charge is 0.425 e. The maximum absolute atomic E-state index is 13.5. The summed E-state index contributed by atoms with van der Waals surface area (Å²) in [7, 11) is 0. The van der Waals surface area contributed by atoms with Crippen LogP contribution in [-0.4, -0.2) is 35.9 Å². The van der Waals surface area contributed by atoms with Crippen LogP contribution in [0.1, 0.15) is 74.0 Å². The highest BCUT2D eigenvalue weighted by Gasteiger charge is 2.40. The molecule has 0 radical (unpaired) electrons. The molecule has 1 unspecified atom stereocenters. The van der Waals surface area contributed by atoms with Crippen molar-refractivity contribution in [3.05, 3.63) is 34.2 Å². The number of nitrogens with one attached hydrogen (secondary N) is 1. The minimum absolute atomic E-state index is 0.0176. The third-order valence-electron chi connectivity index (χ3n) is 6.00. The zero-order valence-corrected chi connectivity index (χ0v) is 15.4. The van der Waals surface area contributed by atoms with E-state index in [0.29, 0.717) is 41.5 Å². The van der Waals surface area contributed by atoms with Gasteiger partial charge in [0.15, 0.2) is 5.65 Å². The molecule has 2 aliphatic carbocycles. The van der Waals surface area contributed by atoms with E-state index in [4.69, 9.17) is 4.42 Å². The highest BCUT2D eigenvalue weighted by atomic mass is 19.3. The molecule has 0 amide bonds. The van der Waals surface area contributed by atoms with E-state index in [1.165, 1.54) is 6.20 Å². The van der Waals surface area contributed by atoms with E-state index >= 15 is 0 Å². The molecule has 2 fully saturated rings. The lowest BCUT2D eigenvalue weighted by Gasteiger charge is -2.33. The molecule has 3 aromatic rings. The van der Waals surface area contributed by atoms with Gasteiger partial charge in [0, 0.05) is 31.6 Å². The van der Waals surface area contributed by atoms with Gasteiger partial charge in [0.05, 0.1) is 12.2 Å². The molecule has 2 saturated carbocycles. The second-order valence-corrected chi connectivity index (χ2v) is 7.81. The minimum Gasteiger partial charge on any atom is -0.425 e. The quantitative estimate of drug-likeness (QED) is 0.737. The topological polar surface area (TPSA) is 102 Å². The third kappa shape index (κ3) is 2.82. The Morgan fingerprint density at radius 3 is 2.57 bits per heavy atom. The number of aromatic nitrogens is 6. The Labute approximate surface area is 158 Å². The van der Waals surface area contributed by atoms with Gasteiger partial charge in [-0.05, 0) is 25.7 Å². The Balaban J connectivity index is 1.49. The zero-order valence-electron chi connectivity index (χ0n) is 15.4. The fourth-order valence-electron chi connectivity index (χ4n) is 4.25. The number of fused-ring (bicyclic) bond motifs is 1. The molecule has 1 N–H and O–H groups in total. The lowest BCUT2D eigenvalue weighted by molar-refractivity contribution is -0.0446. The standard InChI is InChI=1S/C18H20F2N6O2/c1-9-24-25-17(28-9)12-3-2-11(12)14-22-15-13(16(27)23-14)8-21-26(15)10-4-6-18(19,20)7-5-10/h8,10-12H,2-7H2,1H3,(H,22,23,27)/t11-,12?/m1/s1. The fourth-order valence-corrected chi connectivity index (χ4v) is 4.25. The summed E-state index contributed by atoms with van der Waals surface area (Å²) in [4.78, 5) is 20.1. The van der Waals surface area contributed by atoms with Gasteiger partial charge in [-0.1, -0.05) is 0 Å². The Kier molecular flexibility index (Phi) is 3.85. The van der Waals surface area contributed by atoms with E-state index in [0.717, 1.165) is 12.8 Å². The van der Waals surface area contributed by atoms with Gasteiger partial charge in [0.2, 0.25) is 17.7 Å². The predicted octanol–water partition coefficient (Wildman–Crippen LogP) is 3.22. The number of nitrogens with zero attached hydrogens (tertiary/aromatic N) is 5. The highest BCUT2D eigenvalue weighted by molar-refractivity contribution is 5.73. The number of alkyl halides is 2. The van der Waals surface area contributed by atoms with Crippen LogP contribution in [0.2, 0.25) is 0 Å². The summed E-state index contributed by atoms with van der Waals surface area (Å²) in [6.07, 6.45) is 3.50. The highest BCUT2D eigenvalue weighted by Crippen LogP contribution is 2.47. The normalized spacial score (nSPS) is 25.1. The molecule has 28 heavy (non-hydrogen) atoms. The first-order valence-corrected chi connectivity index (χ1v) is 9.56. The number of H-pyrrole nitrogens is 1. The number of aromatic amines is 1. The average molecular weight is 390 g/mol. The van der Waals surface area contributed by atoms with Crippen molar-refractivity contribution in [1.82, 2.24) is 29.9 Å². The van der Waals surface area contributed by atoms with Gasteiger partial charge in [-0.3, -0.25) is 4.79 Å². The fraction of sp³-hybridized carbons (Fsp3) is 0.611. The monoisotopic (exact) mass is 390 g/mol. The molecule has 3 heterocycles. The summed E-state index contributed by atoms with van der Waals surface area (Å²) < 4.78 is 34.2. The minimum atomic E-state index is -2.61. The van der Waals surface area contributed by atoms with Gasteiger partial charge in [-0.15, -0.1) is 10.2 Å². The summed E-state index contributed by atoms with van der Waals surface area (Å²) in [5, 5.41) is 12.7. The Bertz CT molecular complexity index is 1080. The Morgan fingerprint density at radius 1 is 1.18 bits per heavy atom. The summed E-state index contributed by atoms with van der Waals surface area (Å²) in [5.41, 5.74) is 0.195. The molecule has 0 saturated heterocycles. The van der Waals surface area contributed by atoms with Crippen LogP contribution in [0.3, 0.4) is 0 Å². The molecular formula is C18H20F2N6O2. The van der Waals surface area contributed by atoms with Gasteiger partial charge in [0.1, 0.15) is 11.2 Å². The summed E-state index contributed by atoms with van der Waals surface area (Å²) in [6.45, 7) is 1.74. The second kappa shape index (κ2) is 6.18.